The first-order valence-corrected chi connectivity index (χ1v) is 12.0. The van der Waals surface area contributed by atoms with E-state index in [2.05, 4.69) is 6.92 Å². The second-order valence-corrected chi connectivity index (χ2v) is 11.3. The molecule has 6 atom stereocenters. The van der Waals surface area contributed by atoms with Crippen molar-refractivity contribution in [2.45, 2.75) is 76.9 Å². The van der Waals surface area contributed by atoms with Gasteiger partial charge in [-0.15, -0.1) is 0 Å². The summed E-state index contributed by atoms with van der Waals surface area (Å²) in [6, 6.07) is 0. The summed E-state index contributed by atoms with van der Waals surface area (Å²) in [6.45, 7) is 2.60. The molecule has 0 aromatic heterocycles. The Labute approximate surface area is 180 Å². The highest BCUT2D eigenvalue weighted by Crippen LogP contribution is 2.67. The van der Waals surface area contributed by atoms with Gasteiger partial charge in [0, 0.05) is 30.1 Å². The van der Waals surface area contributed by atoms with E-state index in [0.29, 0.717) is 25.2 Å². The molecule has 1 saturated heterocycles. The lowest BCUT2D eigenvalue weighted by molar-refractivity contribution is -0.186. The topological polar surface area (TPSA) is 69.7 Å². The van der Waals surface area contributed by atoms with Crippen LogP contribution >= 0.6 is 0 Å². The molecule has 31 heavy (non-hydrogen) atoms. The third-order valence-corrected chi connectivity index (χ3v) is 10.1. The molecule has 7 rings (SSSR count). The minimum absolute atomic E-state index is 0.142. The van der Waals surface area contributed by atoms with Crippen molar-refractivity contribution >= 4 is 17.7 Å². The van der Waals surface area contributed by atoms with Gasteiger partial charge in [0.05, 0.1) is 5.92 Å². The minimum atomic E-state index is -3.62. The van der Waals surface area contributed by atoms with Gasteiger partial charge in [-0.2, -0.15) is 8.78 Å². The number of halogens is 2. The van der Waals surface area contributed by atoms with Crippen LogP contribution in [0.5, 0.6) is 0 Å². The monoisotopic (exact) mass is 436 g/mol. The van der Waals surface area contributed by atoms with E-state index in [4.69, 9.17) is 9.47 Å². The number of ether oxygens (including phenoxy) is 2. The van der Waals surface area contributed by atoms with E-state index in [0.717, 1.165) is 43.9 Å². The van der Waals surface area contributed by atoms with Crippen LogP contribution in [0.15, 0.2) is 0 Å². The van der Waals surface area contributed by atoms with Crippen LogP contribution in [0, 0.1) is 52.8 Å². The zero-order valence-electron chi connectivity index (χ0n) is 18.0. The summed E-state index contributed by atoms with van der Waals surface area (Å²) in [5.74, 6) is -5.01. The Morgan fingerprint density at radius 2 is 1.68 bits per heavy atom. The zero-order chi connectivity index (χ0) is 21.9. The largest absolute Gasteiger partial charge is 0.458 e. The lowest BCUT2D eigenvalue weighted by atomic mass is 9.42. The molecule has 7 aliphatic rings. The van der Waals surface area contributed by atoms with Crippen LogP contribution in [0.4, 0.5) is 8.78 Å². The summed E-state index contributed by atoms with van der Waals surface area (Å²) in [5.41, 5.74) is -0.426. The van der Waals surface area contributed by atoms with Crippen molar-refractivity contribution < 1.29 is 32.6 Å². The van der Waals surface area contributed by atoms with Crippen LogP contribution in [0.3, 0.4) is 0 Å². The van der Waals surface area contributed by atoms with Gasteiger partial charge in [0.1, 0.15) is 18.0 Å². The van der Waals surface area contributed by atoms with Crippen molar-refractivity contribution in [1.82, 2.24) is 0 Å². The van der Waals surface area contributed by atoms with Crippen LogP contribution in [-0.2, 0) is 23.9 Å². The molecule has 6 bridgehead atoms. The fourth-order valence-electron chi connectivity index (χ4n) is 9.22. The molecule has 6 unspecified atom stereocenters. The smallest absolute Gasteiger partial charge is 0.377 e. The van der Waals surface area contributed by atoms with Crippen LogP contribution in [0.1, 0.15) is 58.8 Å². The van der Waals surface area contributed by atoms with Gasteiger partial charge in [-0.25, -0.2) is 4.79 Å². The van der Waals surface area contributed by atoms with Crippen LogP contribution < -0.4 is 0 Å². The molecule has 0 N–H and O–H groups in total. The first-order valence-electron chi connectivity index (χ1n) is 12.0. The molecule has 1 heterocycles. The Kier molecular flexibility index (Phi) is 4.08. The fourth-order valence-corrected chi connectivity index (χ4v) is 9.22. The third-order valence-electron chi connectivity index (χ3n) is 10.1. The molecule has 6 saturated carbocycles. The Hall–Kier alpha value is -1.53. The number of hydrogen-bond donors (Lipinski definition) is 0. The van der Waals surface area contributed by atoms with Crippen LogP contribution in [0.25, 0.3) is 0 Å². The van der Waals surface area contributed by atoms with E-state index >= 15 is 0 Å². The number of alkyl halides is 2. The summed E-state index contributed by atoms with van der Waals surface area (Å²) in [4.78, 5) is 39.1. The number of hydrogen-bond acceptors (Lipinski definition) is 5. The highest BCUT2D eigenvalue weighted by Gasteiger charge is 2.72. The van der Waals surface area contributed by atoms with Crippen molar-refractivity contribution in [2.75, 3.05) is 0 Å². The predicted molar refractivity (Wildman–Crippen MR) is 104 cm³/mol. The van der Waals surface area contributed by atoms with E-state index in [1.165, 1.54) is 6.42 Å². The molecular formula is C24H30F2O5. The molecule has 170 valence electrons. The van der Waals surface area contributed by atoms with E-state index < -0.39 is 53.2 Å². The molecular weight excluding hydrogens is 406 g/mol. The van der Waals surface area contributed by atoms with E-state index in [1.807, 2.05) is 0 Å². The fraction of sp³-hybridized carbons (Fsp3) is 0.875. The predicted octanol–water partition coefficient (Wildman–Crippen LogP) is 3.78. The number of esters is 2. The second-order valence-electron chi connectivity index (χ2n) is 11.3. The lowest BCUT2D eigenvalue weighted by Crippen LogP contribution is -2.59. The van der Waals surface area contributed by atoms with Crippen molar-refractivity contribution in [1.29, 1.82) is 0 Å². The Bertz CT molecular complexity index is 819. The summed E-state index contributed by atoms with van der Waals surface area (Å²) >= 11 is 0. The van der Waals surface area contributed by atoms with Crippen molar-refractivity contribution in [3.63, 3.8) is 0 Å². The standard InChI is InChI=1S/C24H30F2O5/c1-3-24(12-5-10-4-11(7-12)8-13(24)6-10)20(27)16-14-9-15-17(16)21(28)30-18(15)19(14)31-22(29)23(2,25)26/h10-19H,3-9H2,1-2H3. The van der Waals surface area contributed by atoms with Gasteiger partial charge in [-0.05, 0) is 68.6 Å². The number of carbonyl (C=O) groups excluding carboxylic acids is 3. The summed E-state index contributed by atoms with van der Waals surface area (Å²) in [5, 5.41) is 0. The van der Waals surface area contributed by atoms with Gasteiger partial charge < -0.3 is 9.47 Å². The number of carbonyl (C=O) groups is 3. The highest BCUT2D eigenvalue weighted by molar-refractivity contribution is 5.94. The second kappa shape index (κ2) is 6.28. The molecule has 7 heteroatoms. The van der Waals surface area contributed by atoms with E-state index in [1.54, 1.807) is 0 Å². The lowest BCUT2D eigenvalue weighted by Gasteiger charge is -2.61. The maximum absolute atomic E-state index is 14.3. The normalized spacial score (nSPS) is 51.3. The van der Waals surface area contributed by atoms with E-state index in [9.17, 15) is 23.2 Å². The van der Waals surface area contributed by atoms with Crippen molar-refractivity contribution in [2.24, 2.45) is 52.8 Å². The number of fused-ring (bicyclic) bond motifs is 1. The van der Waals surface area contributed by atoms with Gasteiger partial charge in [0.2, 0.25) is 0 Å². The van der Waals surface area contributed by atoms with Crippen LogP contribution in [0.2, 0.25) is 0 Å². The summed E-state index contributed by atoms with van der Waals surface area (Å²) in [7, 11) is 0. The summed E-state index contributed by atoms with van der Waals surface area (Å²) in [6.07, 6.45) is 5.31. The van der Waals surface area contributed by atoms with E-state index in [-0.39, 0.29) is 11.7 Å². The van der Waals surface area contributed by atoms with Crippen molar-refractivity contribution in [3.05, 3.63) is 0 Å². The van der Waals surface area contributed by atoms with Gasteiger partial charge >= 0.3 is 17.9 Å². The maximum Gasteiger partial charge on any atom is 0.377 e. The average molecular weight is 436 g/mol. The van der Waals surface area contributed by atoms with Crippen molar-refractivity contribution in [3.8, 4) is 0 Å². The Balaban J connectivity index is 1.34. The molecule has 7 fully saturated rings. The number of Topliss-reactive ketones (excluding diaryl/α,β-unsaturated/α-hetero) is 1. The molecule has 0 aromatic carbocycles. The minimum Gasteiger partial charge on any atom is -0.458 e. The molecule has 5 nitrogen and oxygen atoms in total. The average Bonchev–Trinajstić information content (AvgIpc) is 3.30. The maximum atomic E-state index is 14.3. The molecule has 6 aliphatic carbocycles. The molecule has 0 aromatic rings. The summed E-state index contributed by atoms with van der Waals surface area (Å²) < 4.78 is 37.8. The van der Waals surface area contributed by atoms with Gasteiger partial charge in [-0.1, -0.05) is 6.92 Å². The highest BCUT2D eigenvalue weighted by atomic mass is 19.3. The molecule has 0 spiro atoms. The molecule has 0 radical (unpaired) electrons. The van der Waals surface area contributed by atoms with Gasteiger partial charge in [-0.3, -0.25) is 9.59 Å². The molecule has 0 amide bonds. The van der Waals surface area contributed by atoms with Gasteiger partial charge in [0.25, 0.3) is 0 Å². The van der Waals surface area contributed by atoms with Crippen LogP contribution in [-0.4, -0.2) is 35.9 Å². The first-order chi connectivity index (χ1) is 14.6. The third kappa shape index (κ3) is 2.49. The number of ketones is 1. The SMILES string of the molecule is CCC1(C(=O)C2C3CC4C(OC(=O)C42)C3OC(=O)C(C)(F)F)C2CC3CC(C2)CC1C3. The van der Waals surface area contributed by atoms with Gasteiger partial charge in [0.15, 0.2) is 0 Å². The molecule has 1 aliphatic heterocycles. The number of rotatable bonds is 5. The Morgan fingerprint density at radius 3 is 2.23 bits per heavy atom. The first kappa shape index (κ1) is 20.1. The quantitative estimate of drug-likeness (QED) is 0.614. The zero-order valence-corrected chi connectivity index (χ0v) is 18.0. The Morgan fingerprint density at radius 1 is 1.06 bits per heavy atom.